The first-order valence-corrected chi connectivity index (χ1v) is 6.25. The Hall–Kier alpha value is -1.75. The largest absolute Gasteiger partial charge is 0.489 e. The summed E-state index contributed by atoms with van der Waals surface area (Å²) in [4.78, 5) is 11.2. The van der Waals surface area contributed by atoms with Crippen molar-refractivity contribution in [2.45, 2.75) is 18.9 Å². The lowest BCUT2D eigenvalue weighted by Gasteiger charge is -2.25. The SMILES string of the molecule is O=C1COc2cc(OC3CCCNC3)ccc2N1. The Balaban J connectivity index is 1.71. The molecule has 1 unspecified atom stereocenters. The number of piperidine rings is 1. The van der Waals surface area contributed by atoms with E-state index in [-0.39, 0.29) is 18.6 Å². The van der Waals surface area contributed by atoms with Gasteiger partial charge in [-0.05, 0) is 31.5 Å². The fraction of sp³-hybridized carbons (Fsp3) is 0.462. The van der Waals surface area contributed by atoms with Gasteiger partial charge < -0.3 is 20.1 Å². The van der Waals surface area contributed by atoms with Gasteiger partial charge in [-0.3, -0.25) is 4.79 Å². The van der Waals surface area contributed by atoms with Crippen molar-refractivity contribution < 1.29 is 14.3 Å². The molecule has 2 aliphatic rings. The summed E-state index contributed by atoms with van der Waals surface area (Å²) < 4.78 is 11.3. The molecular weight excluding hydrogens is 232 g/mol. The number of carbonyl (C=O) groups is 1. The van der Waals surface area contributed by atoms with Crippen LogP contribution in [0.3, 0.4) is 0 Å². The molecule has 1 amide bonds. The van der Waals surface area contributed by atoms with Gasteiger partial charge in [0.25, 0.3) is 5.91 Å². The lowest BCUT2D eigenvalue weighted by Crippen LogP contribution is -2.37. The molecule has 0 bridgehead atoms. The molecule has 2 heterocycles. The normalized spacial score (nSPS) is 22.7. The summed E-state index contributed by atoms with van der Waals surface area (Å²) in [5.41, 5.74) is 0.709. The predicted molar refractivity (Wildman–Crippen MR) is 67.1 cm³/mol. The predicted octanol–water partition coefficient (Wildman–Crippen LogP) is 1.15. The van der Waals surface area contributed by atoms with E-state index in [4.69, 9.17) is 9.47 Å². The molecule has 0 aliphatic carbocycles. The van der Waals surface area contributed by atoms with Crippen LogP contribution in [0, 0.1) is 0 Å². The van der Waals surface area contributed by atoms with Gasteiger partial charge in [-0.2, -0.15) is 0 Å². The van der Waals surface area contributed by atoms with E-state index in [1.165, 1.54) is 0 Å². The highest BCUT2D eigenvalue weighted by molar-refractivity contribution is 5.95. The highest BCUT2D eigenvalue weighted by atomic mass is 16.5. The molecule has 0 radical (unpaired) electrons. The molecular formula is C13H16N2O3. The van der Waals surface area contributed by atoms with Crippen molar-refractivity contribution in [2.75, 3.05) is 25.0 Å². The van der Waals surface area contributed by atoms with Gasteiger partial charge in [0, 0.05) is 12.6 Å². The Bertz CT molecular complexity index is 456. The van der Waals surface area contributed by atoms with Crippen LogP contribution in [0.1, 0.15) is 12.8 Å². The van der Waals surface area contributed by atoms with E-state index >= 15 is 0 Å². The number of benzene rings is 1. The van der Waals surface area contributed by atoms with Gasteiger partial charge in [-0.1, -0.05) is 0 Å². The van der Waals surface area contributed by atoms with Gasteiger partial charge in [0.05, 0.1) is 5.69 Å². The van der Waals surface area contributed by atoms with Crippen LogP contribution >= 0.6 is 0 Å². The minimum absolute atomic E-state index is 0.0709. The van der Waals surface area contributed by atoms with Crippen molar-refractivity contribution in [3.8, 4) is 11.5 Å². The fourth-order valence-corrected chi connectivity index (χ4v) is 2.24. The van der Waals surface area contributed by atoms with E-state index < -0.39 is 0 Å². The topological polar surface area (TPSA) is 59.6 Å². The van der Waals surface area contributed by atoms with E-state index in [0.29, 0.717) is 11.4 Å². The van der Waals surface area contributed by atoms with Crippen LogP contribution in [-0.4, -0.2) is 31.7 Å². The molecule has 1 saturated heterocycles. The number of anilines is 1. The second-order valence-corrected chi connectivity index (χ2v) is 4.58. The fourth-order valence-electron chi connectivity index (χ4n) is 2.24. The monoisotopic (exact) mass is 248 g/mol. The summed E-state index contributed by atoms with van der Waals surface area (Å²) in [6, 6.07) is 5.52. The van der Waals surface area contributed by atoms with Crippen LogP contribution in [0.4, 0.5) is 5.69 Å². The van der Waals surface area contributed by atoms with Gasteiger partial charge >= 0.3 is 0 Å². The molecule has 18 heavy (non-hydrogen) atoms. The maximum atomic E-state index is 11.2. The standard InChI is InChI=1S/C13H16N2O3/c16-13-8-17-12-6-9(3-4-11(12)15-13)18-10-2-1-5-14-7-10/h3-4,6,10,14H,1-2,5,7-8H2,(H,15,16). The van der Waals surface area contributed by atoms with Gasteiger partial charge in [0.1, 0.15) is 17.6 Å². The van der Waals surface area contributed by atoms with Crippen LogP contribution < -0.4 is 20.1 Å². The first-order valence-electron chi connectivity index (χ1n) is 6.25. The number of carbonyl (C=O) groups excluding carboxylic acids is 1. The highest BCUT2D eigenvalue weighted by Crippen LogP contribution is 2.32. The third-order valence-corrected chi connectivity index (χ3v) is 3.14. The van der Waals surface area contributed by atoms with E-state index in [1.54, 1.807) is 0 Å². The van der Waals surface area contributed by atoms with Gasteiger partial charge in [-0.25, -0.2) is 0 Å². The zero-order valence-corrected chi connectivity index (χ0v) is 10.1. The van der Waals surface area contributed by atoms with Crippen molar-refractivity contribution in [3.05, 3.63) is 18.2 Å². The molecule has 0 spiro atoms. The molecule has 1 fully saturated rings. The molecule has 1 atom stereocenters. The van der Waals surface area contributed by atoms with Crippen molar-refractivity contribution in [2.24, 2.45) is 0 Å². The Morgan fingerprint density at radius 2 is 2.33 bits per heavy atom. The molecule has 5 nitrogen and oxygen atoms in total. The molecule has 5 heteroatoms. The lowest BCUT2D eigenvalue weighted by molar-refractivity contribution is -0.118. The summed E-state index contributed by atoms with van der Waals surface area (Å²) in [6.45, 7) is 2.02. The average Bonchev–Trinajstić information content (AvgIpc) is 2.40. The Morgan fingerprint density at radius 1 is 1.39 bits per heavy atom. The number of rotatable bonds is 2. The Kier molecular flexibility index (Phi) is 3.06. The average molecular weight is 248 g/mol. The zero-order valence-electron chi connectivity index (χ0n) is 10.1. The molecule has 2 N–H and O–H groups in total. The summed E-state index contributed by atoms with van der Waals surface area (Å²) in [5, 5.41) is 6.07. The second kappa shape index (κ2) is 4.86. The summed E-state index contributed by atoms with van der Waals surface area (Å²) in [6.07, 6.45) is 2.43. The number of ether oxygens (including phenoxy) is 2. The number of nitrogens with one attached hydrogen (secondary N) is 2. The van der Waals surface area contributed by atoms with E-state index in [1.807, 2.05) is 18.2 Å². The number of fused-ring (bicyclic) bond motifs is 1. The highest BCUT2D eigenvalue weighted by Gasteiger charge is 2.18. The third-order valence-electron chi connectivity index (χ3n) is 3.14. The molecule has 3 rings (SSSR count). The summed E-state index contributed by atoms with van der Waals surface area (Å²) >= 11 is 0. The van der Waals surface area contributed by atoms with E-state index in [9.17, 15) is 4.79 Å². The van der Waals surface area contributed by atoms with Crippen LogP contribution in [0.25, 0.3) is 0 Å². The number of hydrogen-bond donors (Lipinski definition) is 2. The number of hydrogen-bond acceptors (Lipinski definition) is 4. The molecule has 1 aromatic carbocycles. The molecule has 96 valence electrons. The maximum Gasteiger partial charge on any atom is 0.262 e. The van der Waals surface area contributed by atoms with Gasteiger partial charge in [0.2, 0.25) is 0 Å². The van der Waals surface area contributed by atoms with Crippen molar-refractivity contribution in [3.63, 3.8) is 0 Å². The van der Waals surface area contributed by atoms with Crippen LogP contribution in [0.2, 0.25) is 0 Å². The molecule has 0 aromatic heterocycles. The van der Waals surface area contributed by atoms with Crippen LogP contribution in [0.15, 0.2) is 18.2 Å². The minimum atomic E-state index is -0.118. The van der Waals surface area contributed by atoms with Crippen molar-refractivity contribution in [1.29, 1.82) is 0 Å². The maximum absolute atomic E-state index is 11.2. The van der Waals surface area contributed by atoms with E-state index in [2.05, 4.69) is 10.6 Å². The van der Waals surface area contributed by atoms with Crippen LogP contribution in [0.5, 0.6) is 11.5 Å². The van der Waals surface area contributed by atoms with Crippen molar-refractivity contribution in [1.82, 2.24) is 5.32 Å². The summed E-state index contributed by atoms with van der Waals surface area (Å²) in [5.74, 6) is 1.35. The van der Waals surface area contributed by atoms with Crippen LogP contribution in [-0.2, 0) is 4.79 Å². The molecule has 1 aromatic rings. The zero-order chi connectivity index (χ0) is 12.4. The first-order chi connectivity index (χ1) is 8.81. The van der Waals surface area contributed by atoms with Gasteiger partial charge in [-0.15, -0.1) is 0 Å². The smallest absolute Gasteiger partial charge is 0.262 e. The molecule has 0 saturated carbocycles. The Morgan fingerprint density at radius 3 is 3.17 bits per heavy atom. The van der Waals surface area contributed by atoms with Gasteiger partial charge in [0.15, 0.2) is 6.61 Å². The molecule has 2 aliphatic heterocycles. The second-order valence-electron chi connectivity index (χ2n) is 4.58. The quantitative estimate of drug-likeness (QED) is 0.824. The third kappa shape index (κ3) is 2.41. The minimum Gasteiger partial charge on any atom is -0.489 e. The summed E-state index contributed by atoms with van der Waals surface area (Å²) in [7, 11) is 0. The van der Waals surface area contributed by atoms with Crippen molar-refractivity contribution >= 4 is 11.6 Å². The van der Waals surface area contributed by atoms with E-state index in [0.717, 1.165) is 31.7 Å². The Labute approximate surface area is 105 Å². The lowest BCUT2D eigenvalue weighted by atomic mass is 10.1. The number of amides is 1. The first kappa shape index (κ1) is 11.3.